The predicted molar refractivity (Wildman–Crippen MR) is 135 cm³/mol. The lowest BCUT2D eigenvalue weighted by molar-refractivity contribution is 0.0691. The zero-order valence-corrected chi connectivity index (χ0v) is 20.6. The molecule has 0 spiro atoms. The van der Waals surface area contributed by atoms with Gasteiger partial charge in [-0.25, -0.2) is 9.59 Å². The molecule has 1 heterocycles. The minimum absolute atomic E-state index is 0.0435. The molecule has 0 aliphatic carbocycles. The molecule has 0 radical (unpaired) electrons. The largest absolute Gasteiger partial charge is 0.478 e. The molecule has 1 amide bonds. The second kappa shape index (κ2) is 9.77. The van der Waals surface area contributed by atoms with Crippen LogP contribution in [-0.2, 0) is 6.54 Å². The van der Waals surface area contributed by atoms with E-state index in [0.717, 1.165) is 11.1 Å². The number of aromatic carboxylic acids is 1. The fourth-order valence-electron chi connectivity index (χ4n) is 3.38. The van der Waals surface area contributed by atoms with Gasteiger partial charge in [0.2, 0.25) is 0 Å². The first-order chi connectivity index (χ1) is 16.2. The van der Waals surface area contributed by atoms with E-state index in [2.05, 4.69) is 15.7 Å². The molecule has 172 valence electrons. The second-order valence-corrected chi connectivity index (χ2v) is 8.98. The lowest BCUT2D eigenvalue weighted by atomic mass is 10.1. The van der Waals surface area contributed by atoms with Crippen molar-refractivity contribution in [1.82, 2.24) is 19.8 Å². The third-order valence-corrected chi connectivity index (χ3v) is 6.20. The highest BCUT2D eigenvalue weighted by atomic mass is 127. The van der Waals surface area contributed by atoms with Gasteiger partial charge in [0.25, 0.3) is 5.91 Å². The molecule has 0 saturated heterocycles. The van der Waals surface area contributed by atoms with E-state index in [-0.39, 0.29) is 17.7 Å². The van der Waals surface area contributed by atoms with Crippen molar-refractivity contribution in [3.63, 3.8) is 0 Å². The Balaban J connectivity index is 1.53. The molecule has 11 heteroatoms. The van der Waals surface area contributed by atoms with Gasteiger partial charge in [0.05, 0.1) is 23.4 Å². The van der Waals surface area contributed by atoms with Crippen molar-refractivity contribution in [1.29, 1.82) is 0 Å². The summed E-state index contributed by atoms with van der Waals surface area (Å²) in [6.07, 6.45) is 0. The monoisotopic (exact) mass is 589 g/mol. The van der Waals surface area contributed by atoms with E-state index in [1.807, 2.05) is 28.7 Å². The number of halogens is 2. The number of nitrogens with one attached hydrogen (secondary N) is 1. The van der Waals surface area contributed by atoms with E-state index in [0.29, 0.717) is 20.0 Å². The molecule has 0 aliphatic heterocycles. The predicted octanol–water partition coefficient (Wildman–Crippen LogP) is 3.99. The molecule has 2 N–H and O–H groups in total. The van der Waals surface area contributed by atoms with Crippen LogP contribution in [0.4, 0.5) is 5.69 Å². The van der Waals surface area contributed by atoms with Crippen LogP contribution in [0.15, 0.2) is 65.5 Å². The molecule has 4 rings (SSSR count). The Morgan fingerprint density at radius 2 is 1.82 bits per heavy atom. The van der Waals surface area contributed by atoms with Crippen molar-refractivity contribution in [3.05, 3.63) is 102 Å². The van der Waals surface area contributed by atoms with E-state index in [4.69, 9.17) is 11.6 Å². The van der Waals surface area contributed by atoms with E-state index in [1.165, 1.54) is 15.4 Å². The number of tetrazole rings is 1. The number of aromatic nitrogens is 4. The number of aryl methyl sites for hydroxylation is 1. The highest BCUT2D eigenvalue weighted by molar-refractivity contribution is 14.1. The Morgan fingerprint density at radius 3 is 2.50 bits per heavy atom. The standard InChI is InChI=1S/C23H17ClIN5O4/c1-13-11-14(12-29-23(34)30(28-27-29)16-8-6-15(24)7-9-16)5-10-19(13)26-21(31)17-3-2-4-18(25)20(17)22(32)33/h2-11H,12H2,1H3,(H,26,31)(H,32,33). The summed E-state index contributed by atoms with van der Waals surface area (Å²) in [5.41, 5.74) is 2.23. The average molecular weight is 590 g/mol. The van der Waals surface area contributed by atoms with Gasteiger partial charge in [0.15, 0.2) is 0 Å². The topological polar surface area (TPSA) is 119 Å². The van der Waals surface area contributed by atoms with Crippen LogP contribution >= 0.6 is 34.2 Å². The summed E-state index contributed by atoms with van der Waals surface area (Å²) < 4.78 is 2.88. The van der Waals surface area contributed by atoms with Crippen LogP contribution in [0.25, 0.3) is 5.69 Å². The van der Waals surface area contributed by atoms with Crippen molar-refractivity contribution >= 4 is 51.8 Å². The summed E-state index contributed by atoms with van der Waals surface area (Å²) in [6, 6.07) is 16.7. The SMILES string of the molecule is Cc1cc(Cn2nnn(-c3ccc(Cl)cc3)c2=O)ccc1NC(=O)c1cccc(I)c1C(=O)O. The number of hydrogen-bond donors (Lipinski definition) is 2. The van der Waals surface area contributed by atoms with Crippen LogP contribution in [0.2, 0.25) is 5.02 Å². The summed E-state index contributed by atoms with van der Waals surface area (Å²) in [6.45, 7) is 1.99. The van der Waals surface area contributed by atoms with Gasteiger partial charge in [-0.05, 0) is 93.5 Å². The van der Waals surface area contributed by atoms with Crippen LogP contribution in [0.1, 0.15) is 31.8 Å². The van der Waals surface area contributed by atoms with Crippen LogP contribution in [-0.4, -0.2) is 36.8 Å². The number of rotatable bonds is 6. The van der Waals surface area contributed by atoms with E-state index in [1.54, 1.807) is 55.5 Å². The fourth-order valence-corrected chi connectivity index (χ4v) is 4.23. The molecule has 0 saturated carbocycles. The van der Waals surface area contributed by atoms with Crippen molar-refractivity contribution in [2.24, 2.45) is 0 Å². The number of amides is 1. The number of carbonyl (C=O) groups is 2. The van der Waals surface area contributed by atoms with Crippen molar-refractivity contribution < 1.29 is 14.7 Å². The van der Waals surface area contributed by atoms with E-state index >= 15 is 0 Å². The minimum atomic E-state index is -1.17. The smallest absolute Gasteiger partial charge is 0.368 e. The number of nitrogens with zero attached hydrogens (tertiary/aromatic N) is 4. The molecule has 0 bridgehead atoms. The lowest BCUT2D eigenvalue weighted by Crippen LogP contribution is -2.24. The zero-order valence-electron chi connectivity index (χ0n) is 17.7. The maximum atomic E-state index is 12.8. The Kier molecular flexibility index (Phi) is 6.80. The number of carboxylic acid groups (broad SMARTS) is 1. The Morgan fingerprint density at radius 1 is 1.09 bits per heavy atom. The molecule has 1 aromatic heterocycles. The molecule has 0 fully saturated rings. The van der Waals surface area contributed by atoms with E-state index < -0.39 is 17.6 Å². The minimum Gasteiger partial charge on any atom is -0.478 e. The molecule has 0 atom stereocenters. The first-order valence-electron chi connectivity index (χ1n) is 9.96. The van der Waals surface area contributed by atoms with Gasteiger partial charge in [-0.1, -0.05) is 29.8 Å². The molecule has 9 nitrogen and oxygen atoms in total. The summed E-state index contributed by atoms with van der Waals surface area (Å²) in [5, 5.41) is 20.6. The quantitative estimate of drug-likeness (QED) is 0.328. The maximum Gasteiger partial charge on any atom is 0.368 e. The van der Waals surface area contributed by atoms with Crippen molar-refractivity contribution in [2.45, 2.75) is 13.5 Å². The van der Waals surface area contributed by atoms with Gasteiger partial charge in [-0.3, -0.25) is 4.79 Å². The van der Waals surface area contributed by atoms with Crippen LogP contribution in [0.5, 0.6) is 0 Å². The molecule has 4 aromatic rings. The Hall–Kier alpha value is -3.51. The number of benzene rings is 3. The zero-order chi connectivity index (χ0) is 24.4. The number of anilines is 1. The summed E-state index contributed by atoms with van der Waals surface area (Å²) in [7, 11) is 0. The van der Waals surface area contributed by atoms with Gasteiger partial charge in [-0.2, -0.15) is 9.36 Å². The normalized spacial score (nSPS) is 10.8. The molecular weight excluding hydrogens is 573 g/mol. The first kappa shape index (κ1) is 23.6. The average Bonchev–Trinajstić information content (AvgIpc) is 3.15. The summed E-state index contributed by atoms with van der Waals surface area (Å²) in [5.74, 6) is -1.69. The molecule has 0 unspecified atom stereocenters. The molecule has 34 heavy (non-hydrogen) atoms. The fraction of sp³-hybridized carbons (Fsp3) is 0.0870. The molecular formula is C23H17ClIN5O4. The lowest BCUT2D eigenvalue weighted by Gasteiger charge is -2.12. The third kappa shape index (κ3) is 4.87. The Labute approximate surface area is 212 Å². The molecule has 0 aliphatic rings. The number of carboxylic acids is 1. The summed E-state index contributed by atoms with van der Waals surface area (Å²) >= 11 is 7.78. The van der Waals surface area contributed by atoms with Crippen LogP contribution in [0.3, 0.4) is 0 Å². The van der Waals surface area contributed by atoms with Gasteiger partial charge in [0.1, 0.15) is 0 Å². The molecule has 3 aromatic carbocycles. The first-order valence-corrected chi connectivity index (χ1v) is 11.4. The van der Waals surface area contributed by atoms with E-state index in [9.17, 15) is 19.5 Å². The number of hydrogen-bond acceptors (Lipinski definition) is 5. The Bertz CT molecular complexity index is 1460. The summed E-state index contributed by atoms with van der Waals surface area (Å²) in [4.78, 5) is 37.0. The van der Waals surface area contributed by atoms with Gasteiger partial charge < -0.3 is 10.4 Å². The second-order valence-electron chi connectivity index (χ2n) is 7.38. The third-order valence-electron chi connectivity index (χ3n) is 5.05. The van der Waals surface area contributed by atoms with Crippen LogP contribution < -0.4 is 11.0 Å². The van der Waals surface area contributed by atoms with Crippen molar-refractivity contribution in [3.8, 4) is 5.69 Å². The number of carbonyl (C=O) groups excluding carboxylic acids is 1. The highest BCUT2D eigenvalue weighted by Crippen LogP contribution is 2.21. The van der Waals surface area contributed by atoms with Gasteiger partial charge >= 0.3 is 11.7 Å². The van der Waals surface area contributed by atoms with Gasteiger partial charge in [0, 0.05) is 14.3 Å². The van der Waals surface area contributed by atoms with Crippen molar-refractivity contribution in [2.75, 3.05) is 5.32 Å². The maximum absolute atomic E-state index is 12.8. The van der Waals surface area contributed by atoms with Crippen LogP contribution in [0, 0.1) is 10.5 Å². The highest BCUT2D eigenvalue weighted by Gasteiger charge is 2.20. The van der Waals surface area contributed by atoms with Gasteiger partial charge in [-0.15, -0.1) is 0 Å².